The summed E-state index contributed by atoms with van der Waals surface area (Å²) in [4.78, 5) is 9.18. The van der Waals surface area contributed by atoms with E-state index in [0.29, 0.717) is 34.4 Å². The molecule has 0 saturated carbocycles. The van der Waals surface area contributed by atoms with E-state index in [1.54, 1.807) is 0 Å². The van der Waals surface area contributed by atoms with Crippen molar-refractivity contribution in [3.05, 3.63) is 94.6 Å². The number of H-pyrrole nitrogens is 1. The van der Waals surface area contributed by atoms with E-state index in [2.05, 4.69) is 30.6 Å². The number of rotatable bonds is 6. The normalized spacial score (nSPS) is 11.6. The lowest BCUT2D eigenvalue weighted by Crippen LogP contribution is -1.96. The van der Waals surface area contributed by atoms with E-state index in [4.69, 9.17) is 20.8 Å². The van der Waals surface area contributed by atoms with Gasteiger partial charge in [-0.15, -0.1) is 10.2 Å². The molecule has 0 bridgehead atoms. The zero-order valence-corrected chi connectivity index (χ0v) is 19.0. The Bertz CT molecular complexity index is 1680. The van der Waals surface area contributed by atoms with Crippen LogP contribution in [0.4, 0.5) is 0 Å². The van der Waals surface area contributed by atoms with Crippen molar-refractivity contribution < 1.29 is 9.15 Å². The summed E-state index contributed by atoms with van der Waals surface area (Å²) in [7, 11) is 0. The van der Waals surface area contributed by atoms with Crippen molar-refractivity contribution in [2.24, 2.45) is 0 Å². The lowest BCUT2D eigenvalue weighted by atomic mass is 10.1. The van der Waals surface area contributed by atoms with Crippen LogP contribution in [0.25, 0.3) is 45.9 Å². The highest BCUT2D eigenvalue weighted by Crippen LogP contribution is 2.25. The molecular weight excluding hydrogens is 464 g/mol. The first-order valence-electron chi connectivity index (χ1n) is 10.8. The van der Waals surface area contributed by atoms with Gasteiger partial charge in [-0.25, -0.2) is 9.97 Å². The molecule has 8 nitrogen and oxygen atoms in total. The van der Waals surface area contributed by atoms with Crippen LogP contribution in [0.2, 0.25) is 5.02 Å². The highest BCUT2D eigenvalue weighted by Gasteiger charge is 2.15. The molecule has 3 aromatic carbocycles. The standard InChI is InChI=1S/C26H17ClN6O2/c27-19-10-8-17-9-12-20(28-22(17)14-19)11-7-16-3-1-5-21(13-16)34-15-18-4-2-6-23-24(18)29-26(35-23)25-30-32-33-31-25/h1-14H,15H2,(H,30,31,32,33)/b11-7+. The lowest BCUT2D eigenvalue weighted by molar-refractivity contribution is 0.307. The van der Waals surface area contributed by atoms with Gasteiger partial charge >= 0.3 is 0 Å². The molecule has 1 N–H and O–H groups in total. The second-order valence-corrected chi connectivity index (χ2v) is 8.22. The SMILES string of the molecule is Clc1ccc2ccc(/C=C/c3cccc(OCc4cccc5oc(-c6nn[nH]n6)nc45)c3)nc2c1. The van der Waals surface area contributed by atoms with Crippen LogP contribution in [-0.4, -0.2) is 30.6 Å². The first-order valence-corrected chi connectivity index (χ1v) is 11.2. The van der Waals surface area contributed by atoms with E-state index in [9.17, 15) is 0 Å². The smallest absolute Gasteiger partial charge is 0.269 e. The van der Waals surface area contributed by atoms with E-state index in [1.165, 1.54) is 0 Å². The van der Waals surface area contributed by atoms with Gasteiger partial charge in [-0.2, -0.15) is 5.21 Å². The van der Waals surface area contributed by atoms with E-state index in [1.807, 2.05) is 84.9 Å². The summed E-state index contributed by atoms with van der Waals surface area (Å²) >= 11 is 6.10. The first kappa shape index (κ1) is 21.0. The van der Waals surface area contributed by atoms with Crippen LogP contribution in [0, 0.1) is 0 Å². The maximum absolute atomic E-state index is 6.10. The largest absolute Gasteiger partial charge is 0.489 e. The van der Waals surface area contributed by atoms with Gasteiger partial charge < -0.3 is 9.15 Å². The Morgan fingerprint density at radius 2 is 1.86 bits per heavy atom. The van der Waals surface area contributed by atoms with Crippen LogP contribution in [-0.2, 0) is 6.61 Å². The number of pyridine rings is 1. The predicted molar refractivity (Wildman–Crippen MR) is 134 cm³/mol. The highest BCUT2D eigenvalue weighted by molar-refractivity contribution is 6.31. The maximum atomic E-state index is 6.10. The summed E-state index contributed by atoms with van der Waals surface area (Å²) < 4.78 is 11.8. The highest BCUT2D eigenvalue weighted by atomic mass is 35.5. The number of aromatic amines is 1. The fraction of sp³-hybridized carbons (Fsp3) is 0.0385. The molecule has 0 unspecified atom stereocenters. The Kier molecular flexibility index (Phi) is 5.40. The van der Waals surface area contributed by atoms with Crippen molar-refractivity contribution in [3.8, 4) is 17.5 Å². The summed E-state index contributed by atoms with van der Waals surface area (Å²) in [6.45, 7) is 0.329. The molecule has 0 saturated heterocycles. The first-order chi connectivity index (χ1) is 17.2. The average molecular weight is 481 g/mol. The summed E-state index contributed by atoms with van der Waals surface area (Å²) in [5, 5.41) is 15.5. The minimum atomic E-state index is 0.302. The van der Waals surface area contributed by atoms with Crippen LogP contribution < -0.4 is 4.74 Å². The van der Waals surface area contributed by atoms with Gasteiger partial charge in [0.2, 0.25) is 0 Å². The van der Waals surface area contributed by atoms with Crippen molar-refractivity contribution in [1.29, 1.82) is 0 Å². The van der Waals surface area contributed by atoms with Crippen LogP contribution in [0.1, 0.15) is 16.8 Å². The van der Waals surface area contributed by atoms with Crippen LogP contribution in [0.3, 0.4) is 0 Å². The van der Waals surface area contributed by atoms with Crippen molar-refractivity contribution in [3.63, 3.8) is 0 Å². The third-order valence-corrected chi connectivity index (χ3v) is 5.65. The number of tetrazole rings is 1. The summed E-state index contributed by atoms with van der Waals surface area (Å²) in [5.41, 5.74) is 4.93. The third kappa shape index (κ3) is 4.47. The molecule has 0 aliphatic carbocycles. The summed E-state index contributed by atoms with van der Waals surface area (Å²) in [6.07, 6.45) is 3.97. The zero-order chi connectivity index (χ0) is 23.6. The zero-order valence-electron chi connectivity index (χ0n) is 18.2. The van der Waals surface area contributed by atoms with Gasteiger partial charge in [-0.3, -0.25) is 0 Å². The number of hydrogen-bond donors (Lipinski definition) is 1. The molecule has 6 aromatic rings. The number of benzene rings is 3. The van der Waals surface area contributed by atoms with Crippen molar-refractivity contribution in [1.82, 2.24) is 30.6 Å². The molecule has 35 heavy (non-hydrogen) atoms. The molecule has 3 heterocycles. The molecule has 170 valence electrons. The number of ether oxygens (including phenoxy) is 1. The van der Waals surface area contributed by atoms with Gasteiger partial charge in [0.25, 0.3) is 11.7 Å². The number of fused-ring (bicyclic) bond motifs is 2. The molecule has 6 rings (SSSR count). The van der Waals surface area contributed by atoms with E-state index in [-0.39, 0.29) is 0 Å². The van der Waals surface area contributed by atoms with E-state index in [0.717, 1.165) is 33.5 Å². The van der Waals surface area contributed by atoms with Crippen molar-refractivity contribution in [2.45, 2.75) is 6.61 Å². The molecule has 0 radical (unpaired) electrons. The lowest BCUT2D eigenvalue weighted by Gasteiger charge is -2.07. The predicted octanol–water partition coefficient (Wildman–Crippen LogP) is 5.96. The molecule has 0 amide bonds. The number of para-hydroxylation sites is 1. The number of halogens is 1. The maximum Gasteiger partial charge on any atom is 0.269 e. The van der Waals surface area contributed by atoms with Crippen LogP contribution >= 0.6 is 11.6 Å². The van der Waals surface area contributed by atoms with E-state index >= 15 is 0 Å². The number of oxazole rings is 1. The Hall–Kier alpha value is -4.56. The Morgan fingerprint density at radius 1 is 0.943 bits per heavy atom. The number of hydrogen-bond acceptors (Lipinski definition) is 7. The number of aromatic nitrogens is 6. The van der Waals surface area contributed by atoms with Crippen molar-refractivity contribution in [2.75, 3.05) is 0 Å². The summed E-state index contributed by atoms with van der Waals surface area (Å²) in [5.74, 6) is 1.35. The third-order valence-electron chi connectivity index (χ3n) is 5.41. The van der Waals surface area contributed by atoms with Gasteiger partial charge in [0.15, 0.2) is 5.58 Å². The summed E-state index contributed by atoms with van der Waals surface area (Å²) in [6, 6.07) is 23.3. The molecule has 0 aliphatic heterocycles. The van der Waals surface area contributed by atoms with Crippen LogP contribution in [0.5, 0.6) is 5.75 Å². The van der Waals surface area contributed by atoms with Gasteiger partial charge in [-0.05, 0) is 53.3 Å². The molecule has 3 aromatic heterocycles. The molecule has 0 aliphatic rings. The Balaban J connectivity index is 1.19. The minimum absolute atomic E-state index is 0.302. The molecule has 9 heteroatoms. The molecule has 0 atom stereocenters. The second kappa shape index (κ2) is 9.00. The fourth-order valence-corrected chi connectivity index (χ4v) is 3.89. The van der Waals surface area contributed by atoms with E-state index < -0.39 is 0 Å². The van der Waals surface area contributed by atoms with Gasteiger partial charge in [0, 0.05) is 16.0 Å². The minimum Gasteiger partial charge on any atom is -0.489 e. The van der Waals surface area contributed by atoms with Crippen molar-refractivity contribution >= 4 is 45.8 Å². The average Bonchev–Trinajstić information content (AvgIpc) is 3.56. The monoisotopic (exact) mass is 480 g/mol. The second-order valence-electron chi connectivity index (χ2n) is 7.79. The molecule has 0 fully saturated rings. The topological polar surface area (TPSA) is 103 Å². The molecule has 0 spiro atoms. The Morgan fingerprint density at radius 3 is 2.77 bits per heavy atom. The number of nitrogens with zero attached hydrogens (tertiary/aromatic N) is 5. The fourth-order valence-electron chi connectivity index (χ4n) is 3.72. The number of nitrogens with one attached hydrogen (secondary N) is 1. The van der Waals surface area contributed by atoms with Gasteiger partial charge in [-0.1, -0.05) is 54.1 Å². The molecular formula is C26H17ClN6O2. The Labute approximate surface area is 204 Å². The van der Waals surface area contributed by atoms with Gasteiger partial charge in [0.05, 0.1) is 11.2 Å². The quantitative estimate of drug-likeness (QED) is 0.313. The van der Waals surface area contributed by atoms with Crippen LogP contribution in [0.15, 0.2) is 77.2 Å². The van der Waals surface area contributed by atoms with Gasteiger partial charge in [0.1, 0.15) is 17.9 Å².